The van der Waals surface area contributed by atoms with E-state index in [1.54, 1.807) is 36.4 Å². The lowest BCUT2D eigenvalue weighted by atomic mass is 9.98. The molecule has 0 aliphatic carbocycles. The van der Waals surface area contributed by atoms with E-state index in [1.165, 1.54) is 50.2 Å². The van der Waals surface area contributed by atoms with Gasteiger partial charge in [-0.3, -0.25) is 28.8 Å². The van der Waals surface area contributed by atoms with E-state index in [1.807, 2.05) is 38.1 Å². The van der Waals surface area contributed by atoms with Gasteiger partial charge in [0, 0.05) is 34.5 Å². The fourth-order valence-corrected chi connectivity index (χ4v) is 7.64. The highest BCUT2D eigenvalue weighted by atomic mass is 35.5. The molecule has 0 aromatic heterocycles. The number of halogens is 4. The molecule has 342 valence electrons. The highest BCUT2D eigenvalue weighted by molar-refractivity contribution is 6.35. The molecular weight excluding hydrogens is 926 g/mol. The van der Waals surface area contributed by atoms with E-state index < -0.39 is 47.3 Å². The number of nitrogens with zero attached hydrogens (tertiary/aromatic N) is 4. The van der Waals surface area contributed by atoms with Gasteiger partial charge < -0.3 is 21.3 Å². The molecule has 0 saturated heterocycles. The Bertz CT molecular complexity index is 2530. The van der Waals surface area contributed by atoms with Crippen LogP contribution in [-0.4, -0.2) is 59.0 Å². The fourth-order valence-electron chi connectivity index (χ4n) is 6.82. The molecule has 0 fully saturated rings. The average molecular weight is 973 g/mol. The molecular formula is C48H46Cl4N8O6. The number of para-hydroxylation sites is 2. The van der Waals surface area contributed by atoms with Crippen molar-refractivity contribution in [1.82, 2.24) is 0 Å². The quantitative estimate of drug-likeness (QED) is 0.0340. The van der Waals surface area contributed by atoms with Crippen molar-refractivity contribution in [2.75, 3.05) is 33.0 Å². The van der Waals surface area contributed by atoms with Crippen LogP contribution in [0.15, 0.2) is 118 Å². The second kappa shape index (κ2) is 24.3. The highest BCUT2D eigenvalue weighted by Gasteiger charge is 2.27. The molecule has 0 bridgehead atoms. The number of rotatable bonds is 20. The standard InChI is InChI=1S/C48H46Cl4N8O6/c1-5-33-34(6-2)42(56-48(66)44(28(4)62)60-58-32-16-18-38(52)36(26-32)46(64)54-40-14-10-8-12-30(40)22-24-50)20-19-41(33)55-47(65)43(27(3)61)59-57-31-15-17-37(51)35(25-31)45(63)53-39-13-9-7-11-29(39)21-23-49/h7-20,25-26,43-44H,5-6,21-24H2,1-4H3,(H,53,63)(H,54,64)(H,55,65)(H,56,66). The van der Waals surface area contributed by atoms with Crippen molar-refractivity contribution in [3.63, 3.8) is 0 Å². The normalized spacial score (nSPS) is 12.1. The van der Waals surface area contributed by atoms with Gasteiger partial charge in [-0.05, 0) is 122 Å². The Morgan fingerprint density at radius 2 is 0.894 bits per heavy atom. The molecule has 0 aliphatic rings. The number of azo groups is 2. The number of carbonyl (C=O) groups excluding carboxylic acids is 6. The van der Waals surface area contributed by atoms with Crippen LogP contribution < -0.4 is 21.3 Å². The molecule has 4 N–H and O–H groups in total. The van der Waals surface area contributed by atoms with Crippen LogP contribution in [0.1, 0.15) is 70.7 Å². The zero-order valence-electron chi connectivity index (χ0n) is 36.4. The van der Waals surface area contributed by atoms with Gasteiger partial charge in [-0.15, -0.1) is 23.2 Å². The SMILES string of the molecule is CCc1c(NC(=O)C(N=Nc2ccc(Cl)c(C(=O)Nc3ccccc3CCCl)c2)C(C)=O)ccc(NC(=O)C(N=Nc2ccc(Cl)c(C(=O)Nc3ccccc3CCCl)c2)C(C)=O)c1CC. The minimum Gasteiger partial charge on any atom is -0.323 e. The number of alkyl halides is 2. The molecule has 0 saturated carbocycles. The number of Topliss-reactive ketones (excluding diaryl/α,β-unsaturated/α-hetero) is 2. The Hall–Kier alpha value is -6.32. The van der Waals surface area contributed by atoms with Gasteiger partial charge in [0.2, 0.25) is 12.1 Å². The number of hydrogen-bond donors (Lipinski definition) is 4. The summed E-state index contributed by atoms with van der Waals surface area (Å²) in [6, 6.07) is 23.2. The monoisotopic (exact) mass is 970 g/mol. The first-order chi connectivity index (χ1) is 31.7. The maximum Gasteiger partial charge on any atom is 0.258 e. The van der Waals surface area contributed by atoms with E-state index in [0.717, 1.165) is 11.1 Å². The van der Waals surface area contributed by atoms with E-state index in [9.17, 15) is 28.8 Å². The Kier molecular flexibility index (Phi) is 18.6. The summed E-state index contributed by atoms with van der Waals surface area (Å²) in [6.07, 6.45) is 1.88. The summed E-state index contributed by atoms with van der Waals surface area (Å²) < 4.78 is 0. The van der Waals surface area contributed by atoms with Crippen LogP contribution in [0, 0.1) is 0 Å². The van der Waals surface area contributed by atoms with E-state index in [-0.39, 0.29) is 32.5 Å². The Morgan fingerprint density at radius 3 is 1.24 bits per heavy atom. The number of anilines is 4. The molecule has 4 amide bonds. The zero-order chi connectivity index (χ0) is 47.9. The molecule has 2 atom stereocenters. The van der Waals surface area contributed by atoms with Gasteiger partial charge >= 0.3 is 0 Å². The third-order valence-corrected chi connectivity index (χ3v) is 11.2. The molecule has 66 heavy (non-hydrogen) atoms. The summed E-state index contributed by atoms with van der Waals surface area (Å²) in [4.78, 5) is 79.3. The fraction of sp³-hybridized carbons (Fsp3) is 0.250. The number of ketones is 2. The van der Waals surface area contributed by atoms with Gasteiger partial charge in [-0.25, -0.2) is 0 Å². The topological polar surface area (TPSA) is 200 Å². The number of amides is 4. The molecule has 5 aromatic carbocycles. The second-order valence-electron chi connectivity index (χ2n) is 14.7. The maximum absolute atomic E-state index is 13.6. The van der Waals surface area contributed by atoms with Crippen molar-refractivity contribution in [2.45, 2.75) is 65.5 Å². The van der Waals surface area contributed by atoms with Crippen molar-refractivity contribution in [3.05, 3.63) is 140 Å². The van der Waals surface area contributed by atoms with E-state index in [2.05, 4.69) is 41.7 Å². The summed E-state index contributed by atoms with van der Waals surface area (Å²) in [5.74, 6) is -3.00. The molecule has 5 rings (SSSR count). The summed E-state index contributed by atoms with van der Waals surface area (Å²) >= 11 is 24.6. The van der Waals surface area contributed by atoms with Crippen molar-refractivity contribution >= 4 is 116 Å². The van der Waals surface area contributed by atoms with Crippen LogP contribution in [0.4, 0.5) is 34.1 Å². The van der Waals surface area contributed by atoms with Crippen molar-refractivity contribution in [2.24, 2.45) is 20.5 Å². The number of nitrogens with one attached hydrogen (secondary N) is 4. The van der Waals surface area contributed by atoms with Gasteiger partial charge in [0.05, 0.1) is 32.5 Å². The van der Waals surface area contributed by atoms with Gasteiger partial charge in [0.1, 0.15) is 0 Å². The first-order valence-corrected chi connectivity index (χ1v) is 22.6. The third-order valence-electron chi connectivity index (χ3n) is 10.1. The van der Waals surface area contributed by atoms with Crippen LogP contribution in [0.2, 0.25) is 10.0 Å². The lowest BCUT2D eigenvalue weighted by Gasteiger charge is -2.20. The predicted octanol–water partition coefficient (Wildman–Crippen LogP) is 11.5. The molecule has 0 spiro atoms. The van der Waals surface area contributed by atoms with E-state index in [4.69, 9.17) is 46.4 Å². The van der Waals surface area contributed by atoms with Gasteiger partial charge in [0.15, 0.2) is 11.6 Å². The Balaban J connectivity index is 1.30. The van der Waals surface area contributed by atoms with Crippen LogP contribution in [0.3, 0.4) is 0 Å². The van der Waals surface area contributed by atoms with E-state index in [0.29, 0.717) is 71.3 Å². The Labute approximate surface area is 402 Å². The summed E-state index contributed by atoms with van der Waals surface area (Å²) in [5, 5.41) is 27.9. The average Bonchev–Trinajstić information content (AvgIpc) is 3.29. The van der Waals surface area contributed by atoms with Crippen LogP contribution >= 0.6 is 46.4 Å². The number of benzene rings is 5. The smallest absolute Gasteiger partial charge is 0.258 e. The number of aryl methyl sites for hydroxylation is 2. The maximum atomic E-state index is 13.6. The first kappa shape index (κ1) is 50.7. The molecule has 0 aliphatic heterocycles. The largest absolute Gasteiger partial charge is 0.323 e. The van der Waals surface area contributed by atoms with Crippen molar-refractivity contribution in [1.29, 1.82) is 0 Å². The van der Waals surface area contributed by atoms with Crippen LogP contribution in [0.25, 0.3) is 0 Å². The first-order valence-electron chi connectivity index (χ1n) is 20.8. The summed E-state index contributed by atoms with van der Waals surface area (Å²) in [7, 11) is 0. The molecule has 2 unspecified atom stereocenters. The molecule has 18 heteroatoms. The summed E-state index contributed by atoms with van der Waals surface area (Å²) in [6.45, 7) is 6.12. The minimum absolute atomic E-state index is 0.0977. The van der Waals surface area contributed by atoms with Gasteiger partial charge in [0.25, 0.3) is 23.6 Å². The van der Waals surface area contributed by atoms with Gasteiger partial charge in [-0.1, -0.05) is 73.4 Å². The Morgan fingerprint density at radius 1 is 0.515 bits per heavy atom. The summed E-state index contributed by atoms with van der Waals surface area (Å²) in [5.41, 5.74) is 5.42. The van der Waals surface area contributed by atoms with Crippen molar-refractivity contribution < 1.29 is 28.8 Å². The van der Waals surface area contributed by atoms with Crippen molar-refractivity contribution in [3.8, 4) is 0 Å². The molecule has 5 aromatic rings. The second-order valence-corrected chi connectivity index (χ2v) is 16.3. The number of carbonyl (C=O) groups is 6. The van der Waals surface area contributed by atoms with Gasteiger partial charge in [-0.2, -0.15) is 20.5 Å². The lowest BCUT2D eigenvalue weighted by Crippen LogP contribution is -2.33. The molecule has 14 nitrogen and oxygen atoms in total. The molecule has 0 heterocycles. The highest BCUT2D eigenvalue weighted by Crippen LogP contribution is 2.31. The lowest BCUT2D eigenvalue weighted by molar-refractivity contribution is -0.127. The zero-order valence-corrected chi connectivity index (χ0v) is 39.4. The predicted molar refractivity (Wildman–Crippen MR) is 261 cm³/mol. The van der Waals surface area contributed by atoms with Crippen LogP contribution in [-0.2, 0) is 44.9 Å². The third kappa shape index (κ3) is 13.2. The number of hydrogen-bond acceptors (Lipinski definition) is 10. The molecule has 0 radical (unpaired) electrons. The minimum atomic E-state index is -1.56. The van der Waals surface area contributed by atoms with E-state index >= 15 is 0 Å². The van der Waals surface area contributed by atoms with Crippen LogP contribution in [0.5, 0.6) is 0 Å².